The number of aromatic nitrogens is 3. The summed E-state index contributed by atoms with van der Waals surface area (Å²) >= 11 is 6.87. The highest BCUT2D eigenvalue weighted by Crippen LogP contribution is 2.25. The van der Waals surface area contributed by atoms with Gasteiger partial charge < -0.3 is 4.57 Å². The number of hydrogen-bond donors (Lipinski definition) is 0. The highest BCUT2D eigenvalue weighted by molar-refractivity contribution is 9.11. The molecule has 72 valence electrons. The molecular weight excluding hydrogens is 310 g/mol. The van der Waals surface area contributed by atoms with Gasteiger partial charge in [0.15, 0.2) is 5.82 Å². The van der Waals surface area contributed by atoms with Gasteiger partial charge >= 0.3 is 0 Å². The van der Waals surface area contributed by atoms with E-state index in [1.165, 1.54) is 0 Å². The summed E-state index contributed by atoms with van der Waals surface area (Å²) in [6.45, 7) is 0. The van der Waals surface area contributed by atoms with Crippen LogP contribution in [0.15, 0.2) is 33.5 Å². The van der Waals surface area contributed by atoms with E-state index in [-0.39, 0.29) is 0 Å². The summed E-state index contributed by atoms with van der Waals surface area (Å²) in [5.74, 6) is 0.854. The highest BCUT2D eigenvalue weighted by Gasteiger charge is 2.05. The molecule has 0 N–H and O–H groups in total. The Morgan fingerprint density at radius 1 is 1.14 bits per heavy atom. The van der Waals surface area contributed by atoms with Crippen molar-refractivity contribution >= 4 is 31.9 Å². The second-order valence-corrected chi connectivity index (χ2v) is 4.75. The van der Waals surface area contributed by atoms with E-state index < -0.39 is 0 Å². The fraction of sp³-hybridized carbons (Fsp3) is 0.111. The Kier molecular flexibility index (Phi) is 2.69. The lowest BCUT2D eigenvalue weighted by Gasteiger charge is -2.02. The molecule has 0 saturated carbocycles. The van der Waals surface area contributed by atoms with E-state index in [0.29, 0.717) is 0 Å². The summed E-state index contributed by atoms with van der Waals surface area (Å²) in [5.41, 5.74) is 1.03. The zero-order valence-corrected chi connectivity index (χ0v) is 10.6. The van der Waals surface area contributed by atoms with Crippen LogP contribution in [0.5, 0.6) is 0 Å². The van der Waals surface area contributed by atoms with Crippen LogP contribution in [0.3, 0.4) is 0 Å². The van der Waals surface area contributed by atoms with Crippen molar-refractivity contribution in [2.24, 2.45) is 7.05 Å². The molecule has 0 atom stereocenters. The summed E-state index contributed by atoms with van der Waals surface area (Å²) in [7, 11) is 1.92. The molecule has 1 aromatic carbocycles. The third-order valence-corrected chi connectivity index (χ3v) is 2.75. The predicted octanol–water partition coefficient (Wildman–Crippen LogP) is 3.01. The minimum Gasteiger partial charge on any atom is -0.317 e. The Morgan fingerprint density at radius 3 is 2.29 bits per heavy atom. The standard InChI is InChI=1S/C9H7Br2N3/c1-14-5-12-13-9(14)6-2-7(10)4-8(11)3-6/h2-5H,1H3. The lowest BCUT2D eigenvalue weighted by molar-refractivity contribution is 0.919. The van der Waals surface area contributed by atoms with E-state index in [0.717, 1.165) is 20.3 Å². The Labute approximate surface area is 98.4 Å². The Balaban J connectivity index is 2.57. The largest absolute Gasteiger partial charge is 0.317 e. The molecule has 1 aromatic heterocycles. The summed E-state index contributed by atoms with van der Waals surface area (Å²) in [6.07, 6.45) is 1.68. The van der Waals surface area contributed by atoms with Gasteiger partial charge in [0, 0.05) is 21.6 Å². The quantitative estimate of drug-likeness (QED) is 0.809. The average Bonchev–Trinajstić information content (AvgIpc) is 2.49. The van der Waals surface area contributed by atoms with Crippen LogP contribution in [-0.4, -0.2) is 14.8 Å². The van der Waals surface area contributed by atoms with E-state index in [4.69, 9.17) is 0 Å². The summed E-state index contributed by atoms with van der Waals surface area (Å²) in [5, 5.41) is 7.88. The Hall–Kier alpha value is -0.680. The maximum absolute atomic E-state index is 4.04. The lowest BCUT2D eigenvalue weighted by Crippen LogP contribution is -1.91. The molecule has 1 heterocycles. The normalized spacial score (nSPS) is 10.5. The number of aryl methyl sites for hydroxylation is 1. The van der Waals surface area contributed by atoms with Gasteiger partial charge in [-0.05, 0) is 18.2 Å². The van der Waals surface area contributed by atoms with Gasteiger partial charge in [0.1, 0.15) is 6.33 Å². The number of nitrogens with zero attached hydrogens (tertiary/aromatic N) is 3. The van der Waals surface area contributed by atoms with Crippen molar-refractivity contribution in [3.05, 3.63) is 33.5 Å². The number of benzene rings is 1. The molecule has 14 heavy (non-hydrogen) atoms. The molecule has 0 aliphatic carbocycles. The molecule has 2 aromatic rings. The first-order valence-electron chi connectivity index (χ1n) is 3.97. The summed E-state index contributed by atoms with van der Waals surface area (Å²) in [6, 6.07) is 6.00. The van der Waals surface area contributed by atoms with Crippen LogP contribution in [0.1, 0.15) is 0 Å². The van der Waals surface area contributed by atoms with Gasteiger partial charge in [-0.25, -0.2) is 0 Å². The molecular formula is C9H7Br2N3. The van der Waals surface area contributed by atoms with Gasteiger partial charge in [-0.2, -0.15) is 0 Å². The number of rotatable bonds is 1. The van der Waals surface area contributed by atoms with E-state index in [9.17, 15) is 0 Å². The van der Waals surface area contributed by atoms with Crippen LogP contribution in [0, 0.1) is 0 Å². The molecule has 0 amide bonds. The van der Waals surface area contributed by atoms with Crippen molar-refractivity contribution in [1.82, 2.24) is 14.8 Å². The second-order valence-electron chi connectivity index (χ2n) is 2.92. The second kappa shape index (κ2) is 3.82. The van der Waals surface area contributed by atoms with E-state index in [1.54, 1.807) is 6.33 Å². The molecule has 0 aliphatic heterocycles. The Morgan fingerprint density at radius 2 is 1.79 bits per heavy atom. The Bertz CT molecular complexity index is 445. The van der Waals surface area contributed by atoms with Crippen molar-refractivity contribution in [3.8, 4) is 11.4 Å². The molecule has 3 nitrogen and oxygen atoms in total. The summed E-state index contributed by atoms with van der Waals surface area (Å²) in [4.78, 5) is 0. The van der Waals surface area contributed by atoms with E-state index in [1.807, 2.05) is 29.8 Å². The number of halogens is 2. The van der Waals surface area contributed by atoms with Gasteiger partial charge in [-0.15, -0.1) is 10.2 Å². The molecule has 0 unspecified atom stereocenters. The van der Waals surface area contributed by atoms with Gasteiger partial charge in [0.2, 0.25) is 0 Å². The molecule has 5 heteroatoms. The van der Waals surface area contributed by atoms with Crippen molar-refractivity contribution in [2.75, 3.05) is 0 Å². The van der Waals surface area contributed by atoms with Crippen LogP contribution in [-0.2, 0) is 7.05 Å². The van der Waals surface area contributed by atoms with Crippen LogP contribution < -0.4 is 0 Å². The zero-order chi connectivity index (χ0) is 10.1. The topological polar surface area (TPSA) is 30.7 Å². The minimum absolute atomic E-state index is 0.854. The maximum atomic E-state index is 4.04. The average molecular weight is 317 g/mol. The summed E-state index contributed by atoms with van der Waals surface area (Å²) < 4.78 is 3.92. The van der Waals surface area contributed by atoms with Gasteiger partial charge in [0.05, 0.1) is 0 Å². The van der Waals surface area contributed by atoms with Crippen LogP contribution in [0.25, 0.3) is 11.4 Å². The van der Waals surface area contributed by atoms with Gasteiger partial charge in [0.25, 0.3) is 0 Å². The van der Waals surface area contributed by atoms with Crippen LogP contribution in [0.2, 0.25) is 0 Å². The van der Waals surface area contributed by atoms with Gasteiger partial charge in [-0.3, -0.25) is 0 Å². The zero-order valence-electron chi connectivity index (χ0n) is 7.41. The van der Waals surface area contributed by atoms with Crippen molar-refractivity contribution < 1.29 is 0 Å². The maximum Gasteiger partial charge on any atom is 0.163 e. The fourth-order valence-electron chi connectivity index (χ4n) is 1.23. The molecule has 2 rings (SSSR count). The van der Waals surface area contributed by atoms with Gasteiger partial charge in [-0.1, -0.05) is 31.9 Å². The third kappa shape index (κ3) is 1.88. The van der Waals surface area contributed by atoms with Crippen molar-refractivity contribution in [3.63, 3.8) is 0 Å². The smallest absolute Gasteiger partial charge is 0.163 e. The van der Waals surface area contributed by atoms with Crippen molar-refractivity contribution in [2.45, 2.75) is 0 Å². The molecule has 0 aliphatic rings. The molecule has 0 saturated heterocycles. The SMILES string of the molecule is Cn1cnnc1-c1cc(Br)cc(Br)c1. The molecule has 0 bridgehead atoms. The van der Waals surface area contributed by atoms with E-state index in [2.05, 4.69) is 42.1 Å². The first-order chi connectivity index (χ1) is 6.66. The lowest BCUT2D eigenvalue weighted by atomic mass is 10.2. The van der Waals surface area contributed by atoms with Crippen LogP contribution >= 0.6 is 31.9 Å². The first-order valence-corrected chi connectivity index (χ1v) is 5.56. The molecule has 0 spiro atoms. The molecule has 0 fully saturated rings. The highest BCUT2D eigenvalue weighted by atomic mass is 79.9. The van der Waals surface area contributed by atoms with Crippen molar-refractivity contribution in [1.29, 1.82) is 0 Å². The monoisotopic (exact) mass is 315 g/mol. The van der Waals surface area contributed by atoms with Crippen LogP contribution in [0.4, 0.5) is 0 Å². The number of hydrogen-bond acceptors (Lipinski definition) is 2. The third-order valence-electron chi connectivity index (χ3n) is 1.83. The van der Waals surface area contributed by atoms with E-state index >= 15 is 0 Å². The predicted molar refractivity (Wildman–Crippen MR) is 61.8 cm³/mol. The molecule has 0 radical (unpaired) electrons. The first kappa shape index (κ1) is 9.86. The minimum atomic E-state index is 0.854. The fourth-order valence-corrected chi connectivity index (χ4v) is 2.52.